The molecular formula is C11H9N3O3S. The molecule has 7 heteroatoms. The van der Waals surface area contributed by atoms with Gasteiger partial charge in [0.1, 0.15) is 5.82 Å². The zero-order chi connectivity index (χ0) is 12.7. The summed E-state index contributed by atoms with van der Waals surface area (Å²) in [5, 5.41) is 6.53. The summed E-state index contributed by atoms with van der Waals surface area (Å²) in [5.41, 5.74) is 7.81. The summed E-state index contributed by atoms with van der Waals surface area (Å²) in [5.74, 6) is 0.966. The monoisotopic (exact) mass is 263 g/mol. The maximum Gasteiger partial charge on any atom is 0.396 e. The third kappa shape index (κ3) is 1.56. The van der Waals surface area contributed by atoms with Crippen LogP contribution in [0.3, 0.4) is 0 Å². The van der Waals surface area contributed by atoms with Crippen molar-refractivity contribution in [1.82, 2.24) is 10.2 Å². The number of ether oxygens (including phenoxy) is 1. The predicted octanol–water partition coefficient (Wildman–Crippen LogP) is 1.84. The highest BCUT2D eigenvalue weighted by atomic mass is 32.1. The molecule has 2 heterocycles. The van der Waals surface area contributed by atoms with Crippen LogP contribution in [0.15, 0.2) is 27.5 Å². The van der Waals surface area contributed by atoms with Gasteiger partial charge in [0.15, 0.2) is 11.3 Å². The minimum Gasteiger partial charge on any atom is -0.493 e. The van der Waals surface area contributed by atoms with Crippen LogP contribution < -0.4 is 15.4 Å². The molecule has 3 aromatic rings. The average Bonchev–Trinajstić information content (AvgIpc) is 2.92. The standard InChI is InChI=1S/C11H9N3O3S/c1-16-7-2-5(6-4-13-14-10(6)12)3-8-9(7)17-11(15)18-8/h2-4H,1H3,(H3,12,13,14). The summed E-state index contributed by atoms with van der Waals surface area (Å²) in [6.45, 7) is 0. The Balaban J connectivity index is 2.32. The highest BCUT2D eigenvalue weighted by molar-refractivity contribution is 7.16. The van der Waals surface area contributed by atoms with Crippen molar-refractivity contribution in [3.05, 3.63) is 28.1 Å². The third-order valence-electron chi connectivity index (χ3n) is 2.60. The number of aromatic nitrogens is 2. The highest BCUT2D eigenvalue weighted by Crippen LogP contribution is 2.35. The van der Waals surface area contributed by atoms with E-state index in [0.717, 1.165) is 27.2 Å². The Kier molecular flexibility index (Phi) is 2.34. The molecule has 0 unspecified atom stereocenters. The number of anilines is 1. The lowest BCUT2D eigenvalue weighted by atomic mass is 10.1. The van der Waals surface area contributed by atoms with E-state index in [9.17, 15) is 4.79 Å². The van der Waals surface area contributed by atoms with Gasteiger partial charge in [-0.2, -0.15) is 5.10 Å². The van der Waals surface area contributed by atoms with E-state index in [0.29, 0.717) is 17.2 Å². The number of fused-ring (bicyclic) bond motifs is 1. The molecule has 2 aromatic heterocycles. The van der Waals surface area contributed by atoms with E-state index in [1.807, 2.05) is 6.07 Å². The molecule has 0 aliphatic rings. The quantitative estimate of drug-likeness (QED) is 0.735. The number of H-pyrrole nitrogens is 1. The Hall–Kier alpha value is -2.28. The molecule has 0 saturated carbocycles. The number of nitrogens with two attached hydrogens (primary N) is 1. The van der Waals surface area contributed by atoms with Gasteiger partial charge in [-0.25, -0.2) is 4.79 Å². The molecule has 0 fully saturated rings. The molecule has 0 radical (unpaired) electrons. The van der Waals surface area contributed by atoms with Crippen molar-refractivity contribution < 1.29 is 9.15 Å². The number of hydrogen-bond acceptors (Lipinski definition) is 6. The lowest BCUT2D eigenvalue weighted by Crippen LogP contribution is -1.89. The number of methoxy groups -OCH3 is 1. The van der Waals surface area contributed by atoms with Gasteiger partial charge in [-0.05, 0) is 17.7 Å². The molecule has 92 valence electrons. The van der Waals surface area contributed by atoms with Crippen LogP contribution in [-0.2, 0) is 0 Å². The van der Waals surface area contributed by atoms with Gasteiger partial charge >= 0.3 is 4.94 Å². The van der Waals surface area contributed by atoms with Crippen molar-refractivity contribution in [1.29, 1.82) is 0 Å². The first-order valence-corrected chi connectivity index (χ1v) is 5.91. The number of benzene rings is 1. The number of nitrogens with zero attached hydrogens (tertiary/aromatic N) is 1. The van der Waals surface area contributed by atoms with Gasteiger partial charge in [0.25, 0.3) is 0 Å². The Labute approximate surface area is 105 Å². The Morgan fingerprint density at radius 1 is 1.50 bits per heavy atom. The minimum atomic E-state index is -0.361. The normalized spacial score (nSPS) is 10.9. The predicted molar refractivity (Wildman–Crippen MR) is 68.9 cm³/mol. The lowest BCUT2D eigenvalue weighted by Gasteiger charge is -2.04. The van der Waals surface area contributed by atoms with E-state index in [-0.39, 0.29) is 4.94 Å². The van der Waals surface area contributed by atoms with Crippen molar-refractivity contribution in [2.24, 2.45) is 0 Å². The summed E-state index contributed by atoms with van der Waals surface area (Å²) in [6, 6.07) is 3.59. The van der Waals surface area contributed by atoms with Gasteiger partial charge in [0, 0.05) is 5.56 Å². The fourth-order valence-electron chi connectivity index (χ4n) is 1.78. The van der Waals surface area contributed by atoms with Crippen LogP contribution in [0.1, 0.15) is 0 Å². The Morgan fingerprint density at radius 2 is 2.33 bits per heavy atom. The second kappa shape index (κ2) is 3.88. The van der Waals surface area contributed by atoms with E-state index in [1.54, 1.807) is 12.3 Å². The van der Waals surface area contributed by atoms with Crippen LogP contribution in [0.5, 0.6) is 5.75 Å². The van der Waals surface area contributed by atoms with E-state index in [2.05, 4.69) is 10.2 Å². The fraction of sp³-hybridized carbons (Fsp3) is 0.0909. The van der Waals surface area contributed by atoms with Gasteiger partial charge in [-0.3, -0.25) is 5.10 Å². The van der Waals surface area contributed by atoms with E-state index >= 15 is 0 Å². The van der Waals surface area contributed by atoms with E-state index in [4.69, 9.17) is 14.9 Å². The smallest absolute Gasteiger partial charge is 0.396 e. The molecule has 0 atom stereocenters. The maximum absolute atomic E-state index is 11.3. The summed E-state index contributed by atoms with van der Waals surface area (Å²) < 4.78 is 11.0. The highest BCUT2D eigenvalue weighted by Gasteiger charge is 2.13. The molecule has 6 nitrogen and oxygen atoms in total. The summed E-state index contributed by atoms with van der Waals surface area (Å²) in [7, 11) is 1.52. The third-order valence-corrected chi connectivity index (χ3v) is 3.37. The first-order chi connectivity index (χ1) is 8.69. The molecule has 0 aliphatic heterocycles. The average molecular weight is 263 g/mol. The van der Waals surface area contributed by atoms with Crippen molar-refractivity contribution in [2.75, 3.05) is 12.8 Å². The van der Waals surface area contributed by atoms with Crippen molar-refractivity contribution in [3.8, 4) is 16.9 Å². The zero-order valence-electron chi connectivity index (χ0n) is 9.39. The van der Waals surface area contributed by atoms with Gasteiger partial charge in [-0.15, -0.1) is 0 Å². The summed E-state index contributed by atoms with van der Waals surface area (Å²) in [4.78, 5) is 10.9. The second-order valence-electron chi connectivity index (χ2n) is 3.66. The Bertz CT molecular complexity index is 771. The zero-order valence-corrected chi connectivity index (χ0v) is 10.2. The molecule has 18 heavy (non-hydrogen) atoms. The van der Waals surface area contributed by atoms with Crippen molar-refractivity contribution in [2.45, 2.75) is 0 Å². The first-order valence-electron chi connectivity index (χ1n) is 5.10. The molecule has 0 aliphatic carbocycles. The van der Waals surface area contributed by atoms with Crippen LogP contribution in [-0.4, -0.2) is 17.3 Å². The minimum absolute atomic E-state index is 0.361. The van der Waals surface area contributed by atoms with Crippen LogP contribution in [0.2, 0.25) is 0 Å². The van der Waals surface area contributed by atoms with Crippen LogP contribution in [0, 0.1) is 0 Å². The second-order valence-corrected chi connectivity index (χ2v) is 4.63. The molecule has 0 saturated heterocycles. The summed E-state index contributed by atoms with van der Waals surface area (Å²) >= 11 is 1.03. The number of hydrogen-bond donors (Lipinski definition) is 2. The topological polar surface area (TPSA) is 94.1 Å². The van der Waals surface area contributed by atoms with Gasteiger partial charge in [0.05, 0.1) is 18.0 Å². The largest absolute Gasteiger partial charge is 0.493 e. The van der Waals surface area contributed by atoms with Crippen molar-refractivity contribution in [3.63, 3.8) is 0 Å². The van der Waals surface area contributed by atoms with E-state index < -0.39 is 0 Å². The number of nitrogen functional groups attached to an aromatic ring is 1. The lowest BCUT2D eigenvalue weighted by molar-refractivity contribution is 0.409. The van der Waals surface area contributed by atoms with Crippen LogP contribution >= 0.6 is 11.3 Å². The van der Waals surface area contributed by atoms with Gasteiger partial charge in [-0.1, -0.05) is 11.3 Å². The van der Waals surface area contributed by atoms with Crippen molar-refractivity contribution >= 4 is 27.4 Å². The maximum atomic E-state index is 11.3. The van der Waals surface area contributed by atoms with Crippen LogP contribution in [0.4, 0.5) is 5.82 Å². The molecule has 0 spiro atoms. The molecule has 1 aromatic carbocycles. The summed E-state index contributed by atoms with van der Waals surface area (Å²) in [6.07, 6.45) is 1.62. The number of aromatic amines is 1. The number of nitrogens with one attached hydrogen (secondary N) is 1. The molecule has 3 N–H and O–H groups in total. The Morgan fingerprint density at radius 3 is 3.00 bits per heavy atom. The number of rotatable bonds is 2. The first kappa shape index (κ1) is 10.8. The molecule has 0 amide bonds. The van der Waals surface area contributed by atoms with Crippen LogP contribution in [0.25, 0.3) is 21.4 Å². The van der Waals surface area contributed by atoms with E-state index in [1.165, 1.54) is 7.11 Å². The van der Waals surface area contributed by atoms with Gasteiger partial charge in [0.2, 0.25) is 0 Å². The molecular weight excluding hydrogens is 254 g/mol. The molecule has 3 rings (SSSR count). The fourth-order valence-corrected chi connectivity index (χ4v) is 2.51. The molecule has 0 bridgehead atoms. The SMILES string of the molecule is COc1cc(-c2cn[nH]c2N)cc2sc(=O)oc12. The van der Waals surface area contributed by atoms with Gasteiger partial charge < -0.3 is 14.9 Å².